The SMILES string of the molecule is CCC(O)(O)OC(N)=O.NCCNCCNCCN. The Morgan fingerprint density at radius 2 is 1.53 bits per heavy atom. The average molecular weight is 281 g/mol. The van der Waals surface area contributed by atoms with Gasteiger partial charge in [0, 0.05) is 45.7 Å². The number of carbonyl (C=O) groups is 1. The van der Waals surface area contributed by atoms with Crippen molar-refractivity contribution in [1.82, 2.24) is 10.6 Å². The summed E-state index contributed by atoms with van der Waals surface area (Å²) in [6, 6.07) is 0. The first-order valence-electron chi connectivity index (χ1n) is 6.14. The molecule has 0 aromatic heterocycles. The molecule has 0 radical (unpaired) electrons. The Bertz CT molecular complexity index is 208. The standard InChI is InChI=1S/C6H18N4.C4H9NO4/c7-1-3-9-5-6-10-4-2-8;1-2-4(7,8)9-3(5)6/h9-10H,1-8H2;7-8H,2H2,1H3,(H2,5,6). The third-order valence-corrected chi connectivity index (χ3v) is 1.85. The third kappa shape index (κ3) is 19.5. The lowest BCUT2D eigenvalue weighted by Gasteiger charge is -2.17. The van der Waals surface area contributed by atoms with Gasteiger partial charge >= 0.3 is 12.1 Å². The number of rotatable bonds is 9. The van der Waals surface area contributed by atoms with Crippen LogP contribution in [0.2, 0.25) is 0 Å². The summed E-state index contributed by atoms with van der Waals surface area (Å²) in [6.45, 7) is 6.57. The van der Waals surface area contributed by atoms with Gasteiger partial charge in [0.25, 0.3) is 0 Å². The average Bonchev–Trinajstić information content (AvgIpc) is 2.33. The van der Waals surface area contributed by atoms with Gasteiger partial charge in [0.1, 0.15) is 0 Å². The summed E-state index contributed by atoms with van der Waals surface area (Å²) in [7, 11) is 0. The quantitative estimate of drug-likeness (QED) is 0.176. The first-order chi connectivity index (χ1) is 8.89. The monoisotopic (exact) mass is 281 g/mol. The van der Waals surface area contributed by atoms with Gasteiger partial charge < -0.3 is 42.8 Å². The zero-order valence-corrected chi connectivity index (χ0v) is 11.4. The van der Waals surface area contributed by atoms with Crippen molar-refractivity contribution in [2.75, 3.05) is 39.3 Å². The third-order valence-electron chi connectivity index (χ3n) is 1.85. The molecule has 0 bridgehead atoms. The summed E-state index contributed by atoms with van der Waals surface area (Å²) >= 11 is 0. The number of amides is 1. The van der Waals surface area contributed by atoms with Crippen molar-refractivity contribution in [2.24, 2.45) is 17.2 Å². The normalized spacial score (nSPS) is 10.6. The zero-order chi connectivity index (χ0) is 15.1. The van der Waals surface area contributed by atoms with Crippen LogP contribution in [-0.4, -0.2) is 61.5 Å². The molecule has 9 heteroatoms. The van der Waals surface area contributed by atoms with Crippen LogP contribution in [-0.2, 0) is 4.74 Å². The Hall–Kier alpha value is -0.970. The van der Waals surface area contributed by atoms with Gasteiger partial charge in [-0.25, -0.2) is 4.79 Å². The molecule has 0 atom stereocenters. The number of aliphatic hydroxyl groups is 2. The lowest BCUT2D eigenvalue weighted by Crippen LogP contribution is -2.35. The largest absolute Gasteiger partial charge is 0.408 e. The van der Waals surface area contributed by atoms with Gasteiger partial charge in [-0.1, -0.05) is 6.92 Å². The minimum atomic E-state index is -2.41. The molecule has 10 N–H and O–H groups in total. The van der Waals surface area contributed by atoms with Crippen molar-refractivity contribution in [1.29, 1.82) is 0 Å². The van der Waals surface area contributed by atoms with E-state index in [1.807, 2.05) is 0 Å². The molecule has 0 aromatic rings. The Morgan fingerprint density at radius 1 is 1.11 bits per heavy atom. The number of carbonyl (C=O) groups excluding carboxylic acids is 1. The fourth-order valence-corrected chi connectivity index (χ4v) is 0.864. The smallest absolute Gasteiger partial charge is 0.392 e. The Kier molecular flexibility index (Phi) is 14.4. The van der Waals surface area contributed by atoms with E-state index in [2.05, 4.69) is 21.1 Å². The zero-order valence-electron chi connectivity index (χ0n) is 11.4. The van der Waals surface area contributed by atoms with E-state index in [1.165, 1.54) is 6.92 Å². The van der Waals surface area contributed by atoms with Crippen LogP contribution < -0.4 is 27.8 Å². The second-order valence-electron chi connectivity index (χ2n) is 3.60. The van der Waals surface area contributed by atoms with Gasteiger partial charge in [-0.3, -0.25) is 0 Å². The van der Waals surface area contributed by atoms with Crippen LogP contribution in [0, 0.1) is 0 Å². The van der Waals surface area contributed by atoms with Crippen LogP contribution in [0.5, 0.6) is 0 Å². The molecule has 19 heavy (non-hydrogen) atoms. The van der Waals surface area contributed by atoms with Gasteiger partial charge in [-0.15, -0.1) is 0 Å². The van der Waals surface area contributed by atoms with Crippen molar-refractivity contribution >= 4 is 6.09 Å². The Labute approximate surface area is 113 Å². The van der Waals surface area contributed by atoms with E-state index in [0.29, 0.717) is 13.1 Å². The van der Waals surface area contributed by atoms with Gasteiger partial charge in [-0.05, 0) is 0 Å². The predicted octanol–water partition coefficient (Wildman–Crippen LogP) is -2.79. The molecule has 116 valence electrons. The molecule has 1 amide bonds. The van der Waals surface area contributed by atoms with Gasteiger partial charge in [0.15, 0.2) is 0 Å². The van der Waals surface area contributed by atoms with E-state index in [9.17, 15) is 4.79 Å². The maximum Gasteiger partial charge on any atom is 0.408 e. The van der Waals surface area contributed by atoms with E-state index in [4.69, 9.17) is 21.7 Å². The first kappa shape index (κ1) is 20.3. The molecule has 0 fully saturated rings. The van der Waals surface area contributed by atoms with Gasteiger partial charge in [-0.2, -0.15) is 0 Å². The molecule has 0 aliphatic rings. The van der Waals surface area contributed by atoms with Gasteiger partial charge in [0.05, 0.1) is 0 Å². The molecule has 0 saturated heterocycles. The molecule has 0 rings (SSSR count). The van der Waals surface area contributed by atoms with Crippen molar-refractivity contribution in [3.63, 3.8) is 0 Å². The van der Waals surface area contributed by atoms with Crippen LogP contribution in [0.4, 0.5) is 4.79 Å². The highest BCUT2D eigenvalue weighted by Gasteiger charge is 2.23. The first-order valence-corrected chi connectivity index (χ1v) is 6.14. The fourth-order valence-electron chi connectivity index (χ4n) is 0.864. The summed E-state index contributed by atoms with van der Waals surface area (Å²) in [4.78, 5) is 9.85. The van der Waals surface area contributed by atoms with Gasteiger partial charge in [0.2, 0.25) is 0 Å². The Balaban J connectivity index is 0. The molecular weight excluding hydrogens is 254 g/mol. The molecule has 0 aliphatic carbocycles. The van der Waals surface area contributed by atoms with Crippen LogP contribution in [0.15, 0.2) is 0 Å². The highest BCUT2D eigenvalue weighted by Crippen LogP contribution is 2.05. The van der Waals surface area contributed by atoms with E-state index < -0.39 is 12.1 Å². The minimum absolute atomic E-state index is 0.115. The van der Waals surface area contributed by atoms with Crippen molar-refractivity contribution < 1.29 is 19.7 Å². The number of ether oxygens (including phenoxy) is 1. The summed E-state index contributed by atoms with van der Waals surface area (Å²) < 4.78 is 3.84. The van der Waals surface area contributed by atoms with Crippen LogP contribution >= 0.6 is 0 Å². The molecular formula is C10H27N5O4. The van der Waals surface area contributed by atoms with E-state index >= 15 is 0 Å². The molecule has 9 nitrogen and oxygen atoms in total. The second-order valence-corrected chi connectivity index (χ2v) is 3.60. The summed E-state index contributed by atoms with van der Waals surface area (Å²) in [6.07, 6.45) is -1.32. The molecule has 0 heterocycles. The summed E-state index contributed by atoms with van der Waals surface area (Å²) in [5.41, 5.74) is 15.0. The molecule has 0 unspecified atom stereocenters. The number of nitrogens with two attached hydrogens (primary N) is 3. The van der Waals surface area contributed by atoms with Crippen molar-refractivity contribution in [3.05, 3.63) is 0 Å². The minimum Gasteiger partial charge on any atom is -0.392 e. The molecule has 0 aromatic carbocycles. The highest BCUT2D eigenvalue weighted by molar-refractivity contribution is 5.64. The number of hydrogen-bond donors (Lipinski definition) is 7. The highest BCUT2D eigenvalue weighted by atomic mass is 16.8. The van der Waals surface area contributed by atoms with Crippen LogP contribution in [0.25, 0.3) is 0 Å². The molecule has 0 spiro atoms. The van der Waals surface area contributed by atoms with Crippen LogP contribution in [0.1, 0.15) is 13.3 Å². The number of nitrogens with one attached hydrogen (secondary N) is 2. The van der Waals surface area contributed by atoms with E-state index in [0.717, 1.165) is 26.2 Å². The van der Waals surface area contributed by atoms with E-state index in [1.54, 1.807) is 0 Å². The lowest BCUT2D eigenvalue weighted by molar-refractivity contribution is -0.306. The summed E-state index contributed by atoms with van der Waals surface area (Å²) in [5.74, 6) is -2.41. The maximum atomic E-state index is 9.85. The predicted molar refractivity (Wildman–Crippen MR) is 72.0 cm³/mol. The van der Waals surface area contributed by atoms with Crippen LogP contribution in [0.3, 0.4) is 0 Å². The molecule has 0 aliphatic heterocycles. The number of hydrogen-bond acceptors (Lipinski definition) is 8. The maximum absolute atomic E-state index is 9.85. The lowest BCUT2D eigenvalue weighted by atomic mass is 10.4. The summed E-state index contributed by atoms with van der Waals surface area (Å²) in [5, 5.41) is 23.4. The Morgan fingerprint density at radius 3 is 1.74 bits per heavy atom. The molecule has 0 saturated carbocycles. The number of primary amides is 1. The van der Waals surface area contributed by atoms with Crippen molar-refractivity contribution in [3.8, 4) is 0 Å². The topological polar surface area (TPSA) is 169 Å². The van der Waals surface area contributed by atoms with E-state index in [-0.39, 0.29) is 6.42 Å². The second kappa shape index (κ2) is 13.5. The van der Waals surface area contributed by atoms with Crippen molar-refractivity contribution in [2.45, 2.75) is 19.3 Å². The fraction of sp³-hybridized carbons (Fsp3) is 0.900.